The average Bonchev–Trinajstić information content (AvgIpc) is 3.23. The van der Waals surface area contributed by atoms with Gasteiger partial charge in [-0.05, 0) is 42.6 Å². The van der Waals surface area contributed by atoms with Crippen LogP contribution in [0.3, 0.4) is 0 Å². The van der Waals surface area contributed by atoms with Crippen molar-refractivity contribution in [2.75, 3.05) is 37.1 Å². The number of hydrogen-bond donors (Lipinski definition) is 1. The molecule has 4 aliphatic rings. The molecule has 0 bridgehead atoms. The summed E-state index contributed by atoms with van der Waals surface area (Å²) in [5.41, 5.74) is 1.85. The van der Waals surface area contributed by atoms with Crippen molar-refractivity contribution in [3.8, 4) is 17.2 Å². The van der Waals surface area contributed by atoms with Gasteiger partial charge in [-0.3, -0.25) is 14.4 Å². The Hall–Kier alpha value is -3.26. The average molecular weight is 485 g/mol. The number of ether oxygens (including phenoxy) is 3. The maximum Gasteiger partial charge on any atom is 0.245 e. The summed E-state index contributed by atoms with van der Waals surface area (Å²) in [7, 11) is 1.74. The molecule has 6 rings (SSSR count). The SMILES string of the molecule is CC(=O)Nc1cccc2c1C1(COc3cc4c(cc31)OCCO4)C(=O)N2C.O=C(Cl)C1CCC1. The van der Waals surface area contributed by atoms with Crippen LogP contribution in [0.2, 0.25) is 0 Å². The van der Waals surface area contributed by atoms with Crippen LogP contribution >= 0.6 is 11.6 Å². The number of carbonyl (C=O) groups excluding carboxylic acids is 3. The minimum Gasteiger partial charge on any atom is -0.491 e. The Balaban J connectivity index is 0.000000297. The first-order chi connectivity index (χ1) is 16.3. The zero-order chi connectivity index (χ0) is 24.0. The molecule has 8 nitrogen and oxygen atoms in total. The van der Waals surface area contributed by atoms with Gasteiger partial charge in [-0.1, -0.05) is 12.5 Å². The molecule has 1 saturated carbocycles. The van der Waals surface area contributed by atoms with Crippen molar-refractivity contribution in [3.05, 3.63) is 41.5 Å². The molecule has 34 heavy (non-hydrogen) atoms. The highest BCUT2D eigenvalue weighted by Crippen LogP contribution is 2.56. The van der Waals surface area contributed by atoms with E-state index in [2.05, 4.69) is 5.32 Å². The number of rotatable bonds is 2. The molecule has 1 spiro atoms. The fraction of sp³-hybridized carbons (Fsp3) is 0.400. The lowest BCUT2D eigenvalue weighted by atomic mass is 9.76. The first-order valence-electron chi connectivity index (χ1n) is 11.3. The van der Waals surface area contributed by atoms with Gasteiger partial charge in [0.15, 0.2) is 11.5 Å². The molecule has 2 aromatic rings. The Morgan fingerprint density at radius 1 is 1.09 bits per heavy atom. The van der Waals surface area contributed by atoms with Crippen molar-refractivity contribution < 1.29 is 28.6 Å². The second-order valence-electron chi connectivity index (χ2n) is 8.86. The van der Waals surface area contributed by atoms with Crippen LogP contribution in [0, 0.1) is 5.92 Å². The predicted molar refractivity (Wildman–Crippen MR) is 126 cm³/mol. The Labute approximate surface area is 202 Å². The molecule has 178 valence electrons. The molecule has 2 amide bonds. The van der Waals surface area contributed by atoms with E-state index in [9.17, 15) is 14.4 Å². The van der Waals surface area contributed by atoms with Crippen LogP contribution in [-0.2, 0) is 19.8 Å². The zero-order valence-electron chi connectivity index (χ0n) is 19.0. The minimum atomic E-state index is -1.02. The Morgan fingerprint density at radius 3 is 2.38 bits per heavy atom. The fourth-order valence-corrected chi connectivity index (χ4v) is 5.09. The van der Waals surface area contributed by atoms with Crippen LogP contribution in [0.4, 0.5) is 11.4 Å². The van der Waals surface area contributed by atoms with Gasteiger partial charge in [0.2, 0.25) is 17.1 Å². The molecule has 3 aliphatic heterocycles. The Morgan fingerprint density at radius 2 is 1.79 bits per heavy atom. The van der Waals surface area contributed by atoms with Crippen molar-refractivity contribution in [3.63, 3.8) is 0 Å². The summed E-state index contributed by atoms with van der Waals surface area (Å²) in [4.78, 5) is 37.0. The smallest absolute Gasteiger partial charge is 0.245 e. The maximum atomic E-state index is 13.4. The molecule has 0 saturated heterocycles. The van der Waals surface area contributed by atoms with Crippen LogP contribution < -0.4 is 24.4 Å². The van der Waals surface area contributed by atoms with Crippen LogP contribution in [0.1, 0.15) is 37.3 Å². The van der Waals surface area contributed by atoms with Gasteiger partial charge in [-0.25, -0.2) is 0 Å². The van der Waals surface area contributed by atoms with Gasteiger partial charge in [-0.2, -0.15) is 0 Å². The van der Waals surface area contributed by atoms with E-state index in [1.165, 1.54) is 13.3 Å². The monoisotopic (exact) mass is 484 g/mol. The highest BCUT2D eigenvalue weighted by Gasteiger charge is 2.57. The number of nitrogens with one attached hydrogen (secondary N) is 1. The van der Waals surface area contributed by atoms with E-state index in [0.29, 0.717) is 36.1 Å². The third-order valence-corrected chi connectivity index (χ3v) is 7.09. The third-order valence-electron chi connectivity index (χ3n) is 6.79. The molecule has 1 N–H and O–H groups in total. The highest BCUT2D eigenvalue weighted by molar-refractivity contribution is 6.64. The van der Waals surface area contributed by atoms with E-state index in [-0.39, 0.29) is 29.6 Å². The standard InChI is InChI=1S/C20H18N2O5.C5H7ClO/c1-11(23)21-13-4-3-5-14-18(13)20(19(24)22(14)2)10-27-15-9-17-16(8-12(15)20)25-6-7-26-17;6-5(7)4-2-1-3-4/h3-5,8-9H,6-7,10H2,1-2H3,(H,21,23);4H,1-3H2. The van der Waals surface area contributed by atoms with Crippen LogP contribution in [0.25, 0.3) is 0 Å². The summed E-state index contributed by atoms with van der Waals surface area (Å²) >= 11 is 5.14. The number of amides is 2. The summed E-state index contributed by atoms with van der Waals surface area (Å²) < 4.78 is 17.3. The quantitative estimate of drug-likeness (QED) is 0.654. The van der Waals surface area contributed by atoms with E-state index in [0.717, 1.165) is 29.7 Å². The molecule has 3 heterocycles. The number of likely N-dealkylation sites (N-methyl/N-ethyl adjacent to an activating group) is 1. The van der Waals surface area contributed by atoms with Gasteiger partial charge in [0.1, 0.15) is 31.0 Å². The first kappa shape index (κ1) is 22.5. The summed E-state index contributed by atoms with van der Waals surface area (Å²) in [5.74, 6) is 1.75. The molecular formula is C25H25ClN2O6. The summed E-state index contributed by atoms with van der Waals surface area (Å²) in [6, 6.07) is 9.13. The molecule has 1 fully saturated rings. The Kier molecular flexibility index (Phi) is 5.64. The number of benzene rings is 2. The van der Waals surface area contributed by atoms with Gasteiger partial charge in [0.25, 0.3) is 0 Å². The molecule has 1 aliphatic carbocycles. The summed E-state index contributed by atoms with van der Waals surface area (Å²) in [5, 5.41) is 2.71. The highest BCUT2D eigenvalue weighted by atomic mass is 35.5. The van der Waals surface area contributed by atoms with Gasteiger partial charge in [-0.15, -0.1) is 0 Å². The molecule has 2 aromatic carbocycles. The topological polar surface area (TPSA) is 94.2 Å². The third kappa shape index (κ3) is 3.48. The Bertz CT molecular complexity index is 1190. The number of anilines is 2. The molecule has 1 unspecified atom stereocenters. The normalized spacial score (nSPS) is 21.6. The molecule has 0 radical (unpaired) electrons. The van der Waals surface area contributed by atoms with Gasteiger partial charge in [0.05, 0.1) is 5.69 Å². The van der Waals surface area contributed by atoms with E-state index < -0.39 is 5.41 Å². The van der Waals surface area contributed by atoms with Crippen molar-refractivity contribution in [2.45, 2.75) is 31.6 Å². The fourth-order valence-electron chi connectivity index (χ4n) is 4.87. The van der Waals surface area contributed by atoms with Crippen molar-refractivity contribution in [2.24, 2.45) is 5.92 Å². The molecule has 1 atom stereocenters. The van der Waals surface area contributed by atoms with E-state index in [1.54, 1.807) is 18.0 Å². The second kappa shape index (κ2) is 8.51. The molecular weight excluding hydrogens is 460 g/mol. The summed E-state index contributed by atoms with van der Waals surface area (Å²) in [6.45, 7) is 2.56. The number of carbonyl (C=O) groups is 3. The number of fused-ring (bicyclic) bond motifs is 5. The minimum absolute atomic E-state index is 0.0919. The van der Waals surface area contributed by atoms with E-state index >= 15 is 0 Å². The number of nitrogens with zero attached hydrogens (tertiary/aromatic N) is 1. The first-order valence-corrected chi connectivity index (χ1v) is 11.7. The van der Waals surface area contributed by atoms with Crippen LogP contribution in [0.15, 0.2) is 30.3 Å². The molecule has 9 heteroatoms. The maximum absolute atomic E-state index is 13.4. The van der Waals surface area contributed by atoms with Crippen molar-refractivity contribution in [1.29, 1.82) is 0 Å². The van der Waals surface area contributed by atoms with E-state index in [4.69, 9.17) is 25.8 Å². The lowest BCUT2D eigenvalue weighted by molar-refractivity contribution is -0.122. The van der Waals surface area contributed by atoms with Gasteiger partial charge >= 0.3 is 0 Å². The van der Waals surface area contributed by atoms with Crippen LogP contribution in [-0.4, -0.2) is 43.9 Å². The summed E-state index contributed by atoms with van der Waals surface area (Å²) in [6.07, 6.45) is 3.22. The largest absolute Gasteiger partial charge is 0.491 e. The predicted octanol–water partition coefficient (Wildman–Crippen LogP) is 3.62. The number of hydrogen-bond acceptors (Lipinski definition) is 6. The lowest BCUT2D eigenvalue weighted by Gasteiger charge is -2.25. The van der Waals surface area contributed by atoms with Gasteiger partial charge in [0, 0.05) is 42.8 Å². The van der Waals surface area contributed by atoms with Gasteiger partial charge < -0.3 is 24.4 Å². The van der Waals surface area contributed by atoms with Crippen molar-refractivity contribution in [1.82, 2.24) is 0 Å². The second-order valence-corrected chi connectivity index (χ2v) is 9.24. The molecule has 0 aromatic heterocycles. The lowest BCUT2D eigenvalue weighted by Crippen LogP contribution is -2.41. The van der Waals surface area contributed by atoms with E-state index in [1.807, 2.05) is 24.3 Å². The van der Waals surface area contributed by atoms with Crippen LogP contribution in [0.5, 0.6) is 17.2 Å². The number of halogens is 1. The van der Waals surface area contributed by atoms with Crippen molar-refractivity contribution >= 4 is 40.0 Å². The zero-order valence-corrected chi connectivity index (χ0v) is 19.7.